The van der Waals surface area contributed by atoms with Crippen molar-refractivity contribution in [1.29, 1.82) is 0 Å². The SMILES string of the molecule is CCc1c(C(F)(F)F)ccc(C(=O)Cl)c1C(F)(F)F. The van der Waals surface area contributed by atoms with Gasteiger partial charge in [-0.25, -0.2) is 0 Å². The molecule has 0 aliphatic rings. The van der Waals surface area contributed by atoms with Crippen molar-refractivity contribution in [3.05, 3.63) is 34.4 Å². The fourth-order valence-corrected chi connectivity index (χ4v) is 1.93. The van der Waals surface area contributed by atoms with E-state index in [2.05, 4.69) is 0 Å². The van der Waals surface area contributed by atoms with Gasteiger partial charge in [-0.1, -0.05) is 6.92 Å². The van der Waals surface area contributed by atoms with Crippen LogP contribution in [-0.4, -0.2) is 5.24 Å². The molecule has 0 aliphatic heterocycles. The highest BCUT2D eigenvalue weighted by atomic mass is 35.5. The zero-order valence-corrected chi connectivity index (χ0v) is 10.2. The van der Waals surface area contributed by atoms with Crippen LogP contribution >= 0.6 is 11.6 Å². The first-order chi connectivity index (χ1) is 8.50. The van der Waals surface area contributed by atoms with Gasteiger partial charge < -0.3 is 0 Å². The zero-order valence-electron chi connectivity index (χ0n) is 9.42. The number of rotatable bonds is 2. The highest BCUT2D eigenvalue weighted by molar-refractivity contribution is 6.68. The van der Waals surface area contributed by atoms with Crippen molar-refractivity contribution >= 4 is 16.8 Å². The van der Waals surface area contributed by atoms with E-state index in [1.807, 2.05) is 0 Å². The largest absolute Gasteiger partial charge is 0.417 e. The van der Waals surface area contributed by atoms with Gasteiger partial charge >= 0.3 is 12.4 Å². The number of carbonyl (C=O) groups excluding carboxylic acids is 1. The lowest BCUT2D eigenvalue weighted by Crippen LogP contribution is -2.19. The number of hydrogen-bond acceptors (Lipinski definition) is 1. The Morgan fingerprint density at radius 2 is 1.63 bits per heavy atom. The number of halogens is 7. The second-order valence-corrected chi connectivity index (χ2v) is 3.98. The number of hydrogen-bond donors (Lipinski definition) is 0. The van der Waals surface area contributed by atoms with Crippen molar-refractivity contribution in [1.82, 2.24) is 0 Å². The molecule has 1 rings (SSSR count). The summed E-state index contributed by atoms with van der Waals surface area (Å²) in [5.74, 6) is 0. The first-order valence-electron chi connectivity index (χ1n) is 5.00. The van der Waals surface area contributed by atoms with E-state index in [9.17, 15) is 31.1 Å². The summed E-state index contributed by atoms with van der Waals surface area (Å²) in [5.41, 5.74) is -4.99. The van der Waals surface area contributed by atoms with E-state index in [1.54, 1.807) is 0 Å². The quantitative estimate of drug-likeness (QED) is 0.573. The van der Waals surface area contributed by atoms with Crippen LogP contribution in [0.25, 0.3) is 0 Å². The maximum Gasteiger partial charge on any atom is 0.417 e. The first kappa shape index (κ1) is 15.8. The maximum atomic E-state index is 12.8. The molecule has 0 aromatic heterocycles. The Kier molecular flexibility index (Phi) is 4.19. The van der Waals surface area contributed by atoms with Crippen molar-refractivity contribution in [2.24, 2.45) is 0 Å². The van der Waals surface area contributed by atoms with Crippen molar-refractivity contribution < 1.29 is 31.1 Å². The molecule has 8 heteroatoms. The van der Waals surface area contributed by atoms with Crippen molar-refractivity contribution in [2.75, 3.05) is 0 Å². The second-order valence-electron chi connectivity index (χ2n) is 3.64. The van der Waals surface area contributed by atoms with E-state index >= 15 is 0 Å². The highest BCUT2D eigenvalue weighted by Crippen LogP contribution is 2.41. The molecule has 0 bridgehead atoms. The Morgan fingerprint density at radius 1 is 1.11 bits per heavy atom. The Bertz CT molecular complexity index is 503. The van der Waals surface area contributed by atoms with Crippen molar-refractivity contribution in [2.45, 2.75) is 25.7 Å². The molecule has 1 aromatic carbocycles. The van der Waals surface area contributed by atoms with Gasteiger partial charge in [0.1, 0.15) is 0 Å². The summed E-state index contributed by atoms with van der Waals surface area (Å²) >= 11 is 4.99. The van der Waals surface area contributed by atoms with Crippen molar-refractivity contribution in [3.63, 3.8) is 0 Å². The summed E-state index contributed by atoms with van der Waals surface area (Å²) in [7, 11) is 0. The molecule has 0 amide bonds. The molecule has 0 saturated heterocycles. The van der Waals surface area contributed by atoms with Crippen LogP contribution in [0.5, 0.6) is 0 Å². The molecule has 0 atom stereocenters. The van der Waals surface area contributed by atoms with Crippen LogP contribution in [0.4, 0.5) is 26.3 Å². The van der Waals surface area contributed by atoms with Crippen molar-refractivity contribution in [3.8, 4) is 0 Å². The van der Waals surface area contributed by atoms with Gasteiger partial charge in [-0.05, 0) is 35.7 Å². The summed E-state index contributed by atoms with van der Waals surface area (Å²) < 4.78 is 76.5. The Labute approximate surface area is 109 Å². The molecule has 0 unspecified atom stereocenters. The maximum absolute atomic E-state index is 12.8. The monoisotopic (exact) mass is 304 g/mol. The lowest BCUT2D eigenvalue weighted by molar-refractivity contribution is -0.144. The summed E-state index contributed by atoms with van der Waals surface area (Å²) in [5, 5.41) is -1.45. The molecule has 0 fully saturated rings. The lowest BCUT2D eigenvalue weighted by Gasteiger charge is -2.19. The van der Waals surface area contributed by atoms with Crippen LogP contribution in [0.1, 0.15) is 34.0 Å². The number of carbonyl (C=O) groups is 1. The van der Waals surface area contributed by atoms with Crippen LogP contribution < -0.4 is 0 Å². The van der Waals surface area contributed by atoms with Gasteiger partial charge in [0.2, 0.25) is 0 Å². The van der Waals surface area contributed by atoms with Gasteiger partial charge in [-0.15, -0.1) is 0 Å². The van der Waals surface area contributed by atoms with Crippen LogP contribution in [0.15, 0.2) is 12.1 Å². The van der Waals surface area contributed by atoms with Gasteiger partial charge in [-0.2, -0.15) is 26.3 Å². The second kappa shape index (κ2) is 5.03. The molecule has 0 heterocycles. The minimum Gasteiger partial charge on any atom is -0.276 e. The van der Waals surface area contributed by atoms with E-state index < -0.39 is 46.3 Å². The Morgan fingerprint density at radius 3 is 1.95 bits per heavy atom. The Balaban J connectivity index is 3.75. The predicted octanol–water partition coefficient (Wildman–Crippen LogP) is 4.67. The molecule has 0 aliphatic carbocycles. The molecular formula is C11H7ClF6O. The summed E-state index contributed by atoms with van der Waals surface area (Å²) in [4.78, 5) is 10.9. The van der Waals surface area contributed by atoms with Crippen LogP contribution in [0, 0.1) is 0 Å². The zero-order chi connectivity index (χ0) is 15.0. The minimum absolute atomic E-state index is 0.434. The van der Waals surface area contributed by atoms with Gasteiger partial charge in [0, 0.05) is 5.56 Å². The van der Waals surface area contributed by atoms with Crippen LogP contribution in [0.2, 0.25) is 0 Å². The molecule has 0 radical (unpaired) electrons. The number of benzene rings is 1. The fourth-order valence-electron chi connectivity index (χ4n) is 1.77. The van der Waals surface area contributed by atoms with Crippen LogP contribution in [0.3, 0.4) is 0 Å². The predicted molar refractivity (Wildman–Crippen MR) is 56.0 cm³/mol. The number of alkyl halides is 6. The summed E-state index contributed by atoms with van der Waals surface area (Å²) in [6.45, 7) is 1.14. The molecule has 0 N–H and O–H groups in total. The summed E-state index contributed by atoms with van der Waals surface area (Å²) in [6.07, 6.45) is -10.5. The smallest absolute Gasteiger partial charge is 0.276 e. The average molecular weight is 305 g/mol. The Hall–Kier alpha value is -1.24. The lowest BCUT2D eigenvalue weighted by atomic mass is 9.93. The highest BCUT2D eigenvalue weighted by Gasteiger charge is 2.42. The third-order valence-corrected chi connectivity index (χ3v) is 2.67. The van der Waals surface area contributed by atoms with E-state index in [0.29, 0.717) is 12.1 Å². The van der Waals surface area contributed by atoms with Gasteiger partial charge in [0.25, 0.3) is 5.24 Å². The van der Waals surface area contributed by atoms with Crippen LogP contribution in [-0.2, 0) is 18.8 Å². The molecule has 1 nitrogen and oxygen atoms in total. The third kappa shape index (κ3) is 3.20. The van der Waals surface area contributed by atoms with Gasteiger partial charge in [0.15, 0.2) is 0 Å². The third-order valence-electron chi connectivity index (χ3n) is 2.47. The topological polar surface area (TPSA) is 17.1 Å². The first-order valence-corrected chi connectivity index (χ1v) is 5.38. The van der Waals surface area contributed by atoms with E-state index in [4.69, 9.17) is 11.6 Å². The summed E-state index contributed by atoms with van der Waals surface area (Å²) in [6, 6.07) is 0.879. The molecule has 0 spiro atoms. The van der Waals surface area contributed by atoms with Gasteiger partial charge in [-0.3, -0.25) is 4.79 Å². The van der Waals surface area contributed by atoms with E-state index in [1.165, 1.54) is 0 Å². The van der Waals surface area contributed by atoms with Gasteiger partial charge in [0.05, 0.1) is 11.1 Å². The molecule has 0 saturated carbocycles. The standard InChI is InChI=1S/C11H7ClF6O/c1-2-5-7(10(13,14)15)4-3-6(9(12)19)8(5)11(16,17)18/h3-4H,2H2,1H3. The average Bonchev–Trinajstić information content (AvgIpc) is 2.24. The molecular weight excluding hydrogens is 298 g/mol. The normalized spacial score (nSPS) is 12.6. The molecule has 19 heavy (non-hydrogen) atoms. The van der Waals surface area contributed by atoms with E-state index in [-0.39, 0.29) is 0 Å². The molecule has 106 valence electrons. The molecule has 1 aromatic rings. The fraction of sp³-hybridized carbons (Fsp3) is 0.364. The minimum atomic E-state index is -5.09. The van der Waals surface area contributed by atoms with E-state index in [0.717, 1.165) is 6.92 Å².